The maximum absolute atomic E-state index is 13.3. The first-order valence-electron chi connectivity index (χ1n) is 10.9. The highest BCUT2D eigenvalue weighted by Gasteiger charge is 2.56. The van der Waals surface area contributed by atoms with Gasteiger partial charge in [0, 0.05) is 23.2 Å². The zero-order valence-electron chi connectivity index (χ0n) is 17.2. The number of carbonyl (C=O) groups excluding carboxylic acids is 2. The average molecular weight is 450 g/mol. The Morgan fingerprint density at radius 3 is 2.67 bits per heavy atom. The Morgan fingerprint density at radius 1 is 1.30 bits per heavy atom. The Morgan fingerprint density at radius 2 is 2.03 bits per heavy atom. The normalized spacial score (nSPS) is 36.7. The number of primary amides is 1. The van der Waals surface area contributed by atoms with Gasteiger partial charge in [-0.3, -0.25) is 14.5 Å². The third-order valence-electron chi connectivity index (χ3n) is 7.75. The minimum absolute atomic E-state index is 0.0807. The molecule has 1 aromatic heterocycles. The topological polar surface area (TPSA) is 85.0 Å². The largest absolute Gasteiger partial charge is 0.378 e. The van der Waals surface area contributed by atoms with Crippen molar-refractivity contribution in [3.63, 3.8) is 0 Å². The fourth-order valence-electron chi connectivity index (χ4n) is 6.46. The van der Waals surface area contributed by atoms with Gasteiger partial charge in [-0.15, -0.1) is 11.3 Å². The lowest BCUT2D eigenvalue weighted by molar-refractivity contribution is -0.136. The van der Waals surface area contributed by atoms with E-state index in [1.807, 2.05) is 12.1 Å². The summed E-state index contributed by atoms with van der Waals surface area (Å²) in [5.74, 6) is 0.711. The molecule has 162 valence electrons. The van der Waals surface area contributed by atoms with Gasteiger partial charge in [-0.25, -0.2) is 4.99 Å². The molecule has 0 radical (unpaired) electrons. The van der Waals surface area contributed by atoms with E-state index in [9.17, 15) is 9.59 Å². The van der Waals surface area contributed by atoms with Gasteiger partial charge in [0.15, 0.2) is 0 Å². The molecule has 0 spiro atoms. The second-order valence-corrected chi connectivity index (χ2v) is 11.3. The van der Waals surface area contributed by atoms with Crippen molar-refractivity contribution in [2.45, 2.75) is 51.1 Å². The van der Waals surface area contributed by atoms with E-state index >= 15 is 0 Å². The number of halogens is 1. The van der Waals surface area contributed by atoms with E-state index in [0.29, 0.717) is 25.7 Å². The van der Waals surface area contributed by atoms with Crippen molar-refractivity contribution in [2.75, 3.05) is 19.8 Å². The van der Waals surface area contributed by atoms with Crippen LogP contribution in [0, 0.1) is 23.2 Å². The van der Waals surface area contributed by atoms with E-state index in [1.165, 1.54) is 0 Å². The Bertz CT molecular complexity index is 882. The van der Waals surface area contributed by atoms with Crippen LogP contribution < -0.4 is 5.73 Å². The van der Waals surface area contributed by atoms with Crippen molar-refractivity contribution >= 4 is 40.5 Å². The summed E-state index contributed by atoms with van der Waals surface area (Å²) in [6.07, 6.45) is 4.51. The molecule has 2 amide bonds. The summed E-state index contributed by atoms with van der Waals surface area (Å²) in [6.45, 7) is 3.78. The van der Waals surface area contributed by atoms with Crippen LogP contribution in [0.25, 0.3) is 0 Å². The van der Waals surface area contributed by atoms with Crippen molar-refractivity contribution < 1.29 is 14.3 Å². The number of rotatable bonds is 4. The minimum Gasteiger partial charge on any atom is -0.378 e. The standard InChI is InChI=1S/C22H28ClN3O3S/c1-12(17-2-3-18(23)30-17)26-4-5-29-11-16(26)20(27)25-19-14-6-13-7-15(19)10-22(8-13,9-14)21(24)28/h2-3,12-16H,4-11H2,1H3,(H2,24,28)/t12?,13?,14?,15?,16-,22?/m1/s1. The molecular formula is C22H28ClN3O3S. The lowest BCUT2D eigenvalue weighted by Crippen LogP contribution is -2.57. The second kappa shape index (κ2) is 7.69. The smallest absolute Gasteiger partial charge is 0.265 e. The van der Waals surface area contributed by atoms with Crippen LogP contribution in [0.3, 0.4) is 0 Å². The molecule has 3 unspecified atom stereocenters. The second-order valence-electron chi connectivity index (χ2n) is 9.51. The predicted molar refractivity (Wildman–Crippen MR) is 117 cm³/mol. The zero-order chi connectivity index (χ0) is 21.0. The molecule has 0 aromatic carbocycles. The number of nitrogens with two attached hydrogens (primary N) is 1. The van der Waals surface area contributed by atoms with E-state index in [0.717, 1.165) is 47.0 Å². The first kappa shape index (κ1) is 20.6. The van der Waals surface area contributed by atoms with Crippen LogP contribution >= 0.6 is 22.9 Å². The van der Waals surface area contributed by atoms with Crippen LogP contribution in [0.4, 0.5) is 0 Å². The summed E-state index contributed by atoms with van der Waals surface area (Å²) < 4.78 is 6.42. The van der Waals surface area contributed by atoms with Gasteiger partial charge in [0.1, 0.15) is 6.04 Å². The number of hydrogen-bond donors (Lipinski definition) is 1. The maximum atomic E-state index is 13.3. The Hall–Kier alpha value is -1.28. The number of ether oxygens (including phenoxy) is 1. The SMILES string of the molecule is CC(c1ccc(Cl)s1)N1CCOC[C@@H]1C(=O)N=C1C2CC3CC1CC(C(N)=O)(C3)C2. The van der Waals surface area contributed by atoms with Crippen molar-refractivity contribution in [3.05, 3.63) is 21.3 Å². The number of morpholine rings is 1. The van der Waals surface area contributed by atoms with E-state index < -0.39 is 0 Å². The molecule has 2 N–H and O–H groups in total. The third-order valence-corrected chi connectivity index (χ3v) is 9.15. The molecule has 8 heteroatoms. The number of amides is 2. The van der Waals surface area contributed by atoms with Gasteiger partial charge in [-0.2, -0.15) is 0 Å². The Kier molecular flexibility index (Phi) is 5.29. The van der Waals surface area contributed by atoms with E-state index in [-0.39, 0.29) is 41.1 Å². The number of aliphatic imine (C=N–C) groups is 1. The lowest BCUT2D eigenvalue weighted by atomic mass is 9.48. The van der Waals surface area contributed by atoms with Crippen molar-refractivity contribution in [1.82, 2.24) is 4.90 Å². The van der Waals surface area contributed by atoms with Crippen molar-refractivity contribution in [3.8, 4) is 0 Å². The molecule has 5 fully saturated rings. The van der Waals surface area contributed by atoms with Crippen molar-refractivity contribution in [1.29, 1.82) is 0 Å². The molecule has 1 aromatic rings. The summed E-state index contributed by atoms with van der Waals surface area (Å²) in [4.78, 5) is 33.5. The van der Waals surface area contributed by atoms with Gasteiger partial charge in [-0.05, 0) is 68.9 Å². The summed E-state index contributed by atoms with van der Waals surface area (Å²) >= 11 is 7.68. The molecule has 1 aliphatic heterocycles. The number of nitrogens with zero attached hydrogens (tertiary/aromatic N) is 2. The molecule has 4 atom stereocenters. The van der Waals surface area contributed by atoms with Gasteiger partial charge >= 0.3 is 0 Å². The maximum Gasteiger partial charge on any atom is 0.265 e. The first-order chi connectivity index (χ1) is 14.4. The molecule has 2 heterocycles. The average Bonchev–Trinajstić information content (AvgIpc) is 3.15. The fraction of sp³-hybridized carbons (Fsp3) is 0.682. The third kappa shape index (κ3) is 3.44. The van der Waals surface area contributed by atoms with Gasteiger partial charge in [0.25, 0.3) is 5.91 Å². The van der Waals surface area contributed by atoms with Crippen LogP contribution in [0.5, 0.6) is 0 Å². The lowest BCUT2D eigenvalue weighted by Gasteiger charge is -2.55. The number of thiophene rings is 1. The molecule has 4 bridgehead atoms. The van der Waals surface area contributed by atoms with Gasteiger partial charge in [0.2, 0.25) is 5.91 Å². The molecule has 4 aliphatic carbocycles. The molecule has 6 rings (SSSR count). The highest BCUT2D eigenvalue weighted by Crippen LogP contribution is 2.58. The predicted octanol–water partition coefficient (Wildman–Crippen LogP) is 3.44. The van der Waals surface area contributed by atoms with Crippen LogP contribution in [-0.4, -0.2) is 48.2 Å². The van der Waals surface area contributed by atoms with Crippen molar-refractivity contribution in [2.24, 2.45) is 33.9 Å². The quantitative estimate of drug-likeness (QED) is 0.762. The Labute approximate surface area is 185 Å². The summed E-state index contributed by atoms with van der Waals surface area (Å²) in [5.41, 5.74) is 6.44. The molecule has 5 aliphatic rings. The molecular weight excluding hydrogens is 422 g/mol. The molecule has 30 heavy (non-hydrogen) atoms. The molecule has 4 saturated carbocycles. The van der Waals surface area contributed by atoms with E-state index in [1.54, 1.807) is 11.3 Å². The van der Waals surface area contributed by atoms with Crippen LogP contribution in [-0.2, 0) is 14.3 Å². The summed E-state index contributed by atoms with van der Waals surface area (Å²) in [6, 6.07) is 3.63. The Balaban J connectivity index is 1.37. The van der Waals surface area contributed by atoms with E-state index in [2.05, 4.69) is 11.8 Å². The number of carbonyl (C=O) groups is 2. The number of hydrogen-bond acceptors (Lipinski definition) is 5. The van der Waals surface area contributed by atoms with Crippen LogP contribution in [0.1, 0.15) is 49.9 Å². The highest BCUT2D eigenvalue weighted by atomic mass is 35.5. The molecule has 6 nitrogen and oxygen atoms in total. The first-order valence-corrected chi connectivity index (χ1v) is 12.1. The summed E-state index contributed by atoms with van der Waals surface area (Å²) in [7, 11) is 0. The highest BCUT2D eigenvalue weighted by molar-refractivity contribution is 7.16. The van der Waals surface area contributed by atoms with Gasteiger partial charge < -0.3 is 10.5 Å². The van der Waals surface area contributed by atoms with Gasteiger partial charge in [-0.1, -0.05) is 11.6 Å². The monoisotopic (exact) mass is 449 g/mol. The van der Waals surface area contributed by atoms with Crippen LogP contribution in [0.2, 0.25) is 4.34 Å². The summed E-state index contributed by atoms with van der Waals surface area (Å²) in [5, 5.41) is 0. The fourth-order valence-corrected chi connectivity index (χ4v) is 7.59. The zero-order valence-corrected chi connectivity index (χ0v) is 18.8. The van der Waals surface area contributed by atoms with Gasteiger partial charge in [0.05, 0.1) is 23.0 Å². The van der Waals surface area contributed by atoms with Crippen LogP contribution in [0.15, 0.2) is 17.1 Å². The minimum atomic E-state index is -0.385. The van der Waals surface area contributed by atoms with E-state index in [4.69, 9.17) is 27.1 Å². The molecule has 1 saturated heterocycles.